The van der Waals surface area contributed by atoms with Gasteiger partial charge in [-0.15, -0.1) is 0 Å². The number of imidazole rings is 1. The van der Waals surface area contributed by atoms with Gasteiger partial charge in [0.25, 0.3) is 0 Å². The third-order valence-corrected chi connectivity index (χ3v) is 3.44. The Labute approximate surface area is 123 Å². The lowest BCUT2D eigenvalue weighted by atomic mass is 10.1. The van der Waals surface area contributed by atoms with E-state index in [2.05, 4.69) is 4.98 Å². The lowest BCUT2D eigenvalue weighted by Gasteiger charge is -2.30. The fraction of sp³-hybridized carbons (Fsp3) is 0.692. The number of rotatable bonds is 9. The Balaban J connectivity index is 2.61. The average molecular weight is 298 g/mol. The van der Waals surface area contributed by atoms with E-state index in [9.17, 15) is 14.9 Å². The predicted molar refractivity (Wildman–Crippen MR) is 76.7 cm³/mol. The third-order valence-electron chi connectivity index (χ3n) is 3.44. The third kappa shape index (κ3) is 4.82. The molecule has 8 heteroatoms. The molecule has 1 aromatic heterocycles. The minimum atomic E-state index is -0.569. The number of amides is 1. The van der Waals surface area contributed by atoms with Gasteiger partial charge in [0, 0.05) is 25.6 Å². The highest BCUT2D eigenvalue weighted by Crippen LogP contribution is 2.11. The molecular formula is C13H22N4O4. The topological polar surface area (TPSA) is 102 Å². The summed E-state index contributed by atoms with van der Waals surface area (Å²) in [6.45, 7) is 4.59. The molecule has 0 aliphatic rings. The van der Waals surface area contributed by atoms with E-state index in [1.165, 1.54) is 17.1 Å². The maximum atomic E-state index is 12.3. The van der Waals surface area contributed by atoms with Crippen molar-refractivity contribution in [1.82, 2.24) is 14.5 Å². The fourth-order valence-electron chi connectivity index (χ4n) is 2.28. The summed E-state index contributed by atoms with van der Waals surface area (Å²) in [5, 5.41) is 19.6. The molecule has 118 valence electrons. The number of nitrogens with zero attached hydrogens (tertiary/aromatic N) is 4. The molecule has 21 heavy (non-hydrogen) atoms. The quantitative estimate of drug-likeness (QED) is 0.545. The summed E-state index contributed by atoms with van der Waals surface area (Å²) in [6, 6.07) is 0.113. The second-order valence-electron chi connectivity index (χ2n) is 4.76. The number of hydrogen-bond acceptors (Lipinski definition) is 5. The molecule has 0 saturated carbocycles. The number of carbonyl (C=O) groups excluding carboxylic acids is 1. The first-order valence-electron chi connectivity index (χ1n) is 7.09. The van der Waals surface area contributed by atoms with Crippen molar-refractivity contribution in [2.45, 2.75) is 45.7 Å². The van der Waals surface area contributed by atoms with Crippen LogP contribution in [0.3, 0.4) is 0 Å². The van der Waals surface area contributed by atoms with Gasteiger partial charge in [0.2, 0.25) is 12.2 Å². The van der Waals surface area contributed by atoms with E-state index in [0.29, 0.717) is 13.1 Å². The minimum absolute atomic E-state index is 0.0610. The monoisotopic (exact) mass is 298 g/mol. The Morgan fingerprint density at radius 2 is 2.19 bits per heavy atom. The highest BCUT2D eigenvalue weighted by molar-refractivity contribution is 5.76. The summed E-state index contributed by atoms with van der Waals surface area (Å²) in [5.41, 5.74) is 0. The lowest BCUT2D eigenvalue weighted by Crippen LogP contribution is -2.41. The van der Waals surface area contributed by atoms with Gasteiger partial charge in [0.05, 0.1) is 6.61 Å². The van der Waals surface area contributed by atoms with Crippen LogP contribution in [0.25, 0.3) is 0 Å². The minimum Gasteiger partial charge on any atom is -0.395 e. The van der Waals surface area contributed by atoms with Crippen LogP contribution in [0.4, 0.5) is 5.82 Å². The lowest BCUT2D eigenvalue weighted by molar-refractivity contribution is -0.389. The van der Waals surface area contributed by atoms with Crippen molar-refractivity contribution in [3.63, 3.8) is 0 Å². The Kier molecular flexibility index (Phi) is 6.80. The van der Waals surface area contributed by atoms with Crippen LogP contribution in [0.2, 0.25) is 0 Å². The van der Waals surface area contributed by atoms with Gasteiger partial charge >= 0.3 is 5.82 Å². The zero-order chi connectivity index (χ0) is 15.8. The Morgan fingerprint density at radius 1 is 1.52 bits per heavy atom. The van der Waals surface area contributed by atoms with E-state index < -0.39 is 4.92 Å². The Morgan fingerprint density at radius 3 is 2.67 bits per heavy atom. The molecule has 1 aromatic rings. The molecule has 1 amide bonds. The molecular weight excluding hydrogens is 276 g/mol. The van der Waals surface area contributed by atoms with E-state index in [1.807, 2.05) is 13.8 Å². The van der Waals surface area contributed by atoms with Crippen molar-refractivity contribution in [2.24, 2.45) is 0 Å². The molecule has 1 N–H and O–H groups in total. The number of hydrogen-bond donors (Lipinski definition) is 1. The van der Waals surface area contributed by atoms with Crippen molar-refractivity contribution < 1.29 is 14.8 Å². The van der Waals surface area contributed by atoms with Crippen LogP contribution in [0, 0.1) is 10.1 Å². The second kappa shape index (κ2) is 8.35. The second-order valence-corrected chi connectivity index (χ2v) is 4.76. The van der Waals surface area contributed by atoms with Gasteiger partial charge in [0.1, 0.15) is 6.20 Å². The maximum absolute atomic E-state index is 12.3. The van der Waals surface area contributed by atoms with Gasteiger partial charge in [0.15, 0.2) is 0 Å². The number of aromatic nitrogens is 2. The molecule has 1 heterocycles. The smallest absolute Gasteiger partial charge is 0.381 e. The van der Waals surface area contributed by atoms with Crippen molar-refractivity contribution in [1.29, 1.82) is 0 Å². The summed E-state index contributed by atoms with van der Waals surface area (Å²) < 4.78 is 1.53. The van der Waals surface area contributed by atoms with Crippen molar-refractivity contribution in [2.75, 3.05) is 13.2 Å². The molecule has 0 spiro atoms. The zero-order valence-corrected chi connectivity index (χ0v) is 12.4. The van der Waals surface area contributed by atoms with Crippen molar-refractivity contribution in [3.05, 3.63) is 22.6 Å². The van der Waals surface area contributed by atoms with Crippen LogP contribution in [0.5, 0.6) is 0 Å². The Hall–Kier alpha value is -1.96. The van der Waals surface area contributed by atoms with Gasteiger partial charge in [-0.3, -0.25) is 4.79 Å². The molecule has 0 fully saturated rings. The van der Waals surface area contributed by atoms with E-state index in [0.717, 1.165) is 12.8 Å². The molecule has 0 aliphatic carbocycles. The number of carbonyl (C=O) groups is 1. The highest BCUT2D eigenvalue weighted by atomic mass is 16.6. The van der Waals surface area contributed by atoms with E-state index >= 15 is 0 Å². The van der Waals surface area contributed by atoms with Crippen LogP contribution < -0.4 is 0 Å². The van der Waals surface area contributed by atoms with Crippen LogP contribution in [0.15, 0.2) is 12.5 Å². The summed E-state index contributed by atoms with van der Waals surface area (Å²) in [7, 11) is 0. The summed E-state index contributed by atoms with van der Waals surface area (Å²) in [5.74, 6) is -0.288. The molecule has 1 rings (SSSR count). The highest BCUT2D eigenvalue weighted by Gasteiger charge is 2.20. The molecule has 0 unspecified atom stereocenters. The molecule has 0 bridgehead atoms. The number of aliphatic hydroxyl groups excluding tert-OH is 1. The summed E-state index contributed by atoms with van der Waals surface area (Å²) >= 11 is 0. The van der Waals surface area contributed by atoms with Crippen LogP contribution in [0.1, 0.15) is 33.1 Å². The first-order chi connectivity index (χ1) is 10.0. The summed E-state index contributed by atoms with van der Waals surface area (Å²) in [4.78, 5) is 27.6. The molecule has 8 nitrogen and oxygen atoms in total. The van der Waals surface area contributed by atoms with Crippen LogP contribution >= 0.6 is 0 Å². The molecule has 0 aliphatic heterocycles. The first kappa shape index (κ1) is 17.1. The summed E-state index contributed by atoms with van der Waals surface area (Å²) in [6.07, 6.45) is 4.54. The normalized spacial score (nSPS) is 10.9. The SMILES string of the molecule is CCC(CC)N(CCO)C(=O)CCn1cnc([N+](=O)[O-])c1. The maximum Gasteiger partial charge on any atom is 0.381 e. The van der Waals surface area contributed by atoms with Gasteiger partial charge in [-0.1, -0.05) is 13.8 Å². The number of nitro groups is 1. The van der Waals surface area contributed by atoms with Crippen molar-refractivity contribution >= 4 is 11.7 Å². The van der Waals surface area contributed by atoms with Crippen LogP contribution in [-0.2, 0) is 11.3 Å². The van der Waals surface area contributed by atoms with Crippen LogP contribution in [-0.4, -0.2) is 49.6 Å². The van der Waals surface area contributed by atoms with E-state index in [4.69, 9.17) is 5.11 Å². The first-order valence-corrected chi connectivity index (χ1v) is 7.09. The Bertz CT molecular complexity index is 470. The van der Waals surface area contributed by atoms with E-state index in [1.54, 1.807) is 4.90 Å². The van der Waals surface area contributed by atoms with Crippen molar-refractivity contribution in [3.8, 4) is 0 Å². The average Bonchev–Trinajstić information content (AvgIpc) is 2.94. The van der Waals surface area contributed by atoms with Gasteiger partial charge < -0.3 is 24.7 Å². The largest absolute Gasteiger partial charge is 0.395 e. The fourth-order valence-corrected chi connectivity index (χ4v) is 2.28. The van der Waals surface area contributed by atoms with Gasteiger partial charge in [-0.05, 0) is 22.7 Å². The number of aliphatic hydroxyl groups is 1. The molecule has 0 radical (unpaired) electrons. The molecule has 0 atom stereocenters. The standard InChI is InChI=1S/C13H22N4O4/c1-3-11(4-2)16(7-8-18)13(19)5-6-15-9-12(14-10-15)17(20)21/h9-11,18H,3-8H2,1-2H3. The molecule has 0 saturated heterocycles. The van der Waals surface area contributed by atoms with Gasteiger partial charge in [-0.2, -0.15) is 0 Å². The molecule has 0 aromatic carbocycles. The zero-order valence-electron chi connectivity index (χ0n) is 12.4. The predicted octanol–water partition coefficient (Wildman–Crippen LogP) is 1.19. The number of aryl methyl sites for hydroxylation is 1. The van der Waals surface area contributed by atoms with Gasteiger partial charge in [-0.25, -0.2) is 0 Å². The van der Waals surface area contributed by atoms with E-state index in [-0.39, 0.29) is 30.8 Å².